The van der Waals surface area contributed by atoms with Gasteiger partial charge < -0.3 is 0 Å². The van der Waals surface area contributed by atoms with Crippen LogP contribution in [0.4, 0.5) is 0 Å². The van der Waals surface area contributed by atoms with Crippen LogP contribution in [0.5, 0.6) is 0 Å². The summed E-state index contributed by atoms with van der Waals surface area (Å²) in [4.78, 5) is 0. The van der Waals surface area contributed by atoms with Gasteiger partial charge in [-0.3, -0.25) is 0 Å². The van der Waals surface area contributed by atoms with Crippen molar-refractivity contribution in [1.82, 2.24) is 0 Å². The second-order valence-electron chi connectivity index (χ2n) is 9.76. The molecule has 3 atom stereocenters. The molecule has 0 saturated heterocycles. The van der Waals surface area contributed by atoms with Crippen LogP contribution in [0, 0.1) is 0 Å². The van der Waals surface area contributed by atoms with Crippen LogP contribution in [-0.2, 0) is 0 Å². The largest absolute Gasteiger partial charge is 0.0654 e. The molecule has 0 fully saturated rings. The van der Waals surface area contributed by atoms with Crippen molar-refractivity contribution in [2.75, 3.05) is 0 Å². The molecule has 0 saturated carbocycles. The van der Waals surface area contributed by atoms with E-state index < -0.39 is 0 Å². The highest BCUT2D eigenvalue weighted by Gasteiger charge is 2.23. The Kier molecular flexibility index (Phi) is 10.3. The molecule has 0 heterocycles. The van der Waals surface area contributed by atoms with E-state index in [0.717, 1.165) is 0 Å². The molecular weight excluding hydrogens is 396 g/mol. The first-order valence-electron chi connectivity index (χ1n) is 13.4. The minimum absolute atomic E-state index is 0.570. The highest BCUT2D eigenvalue weighted by Crippen LogP contribution is 2.40. The van der Waals surface area contributed by atoms with E-state index >= 15 is 0 Å². The van der Waals surface area contributed by atoms with Gasteiger partial charge in [0.2, 0.25) is 0 Å². The molecule has 0 aromatic heterocycles. The summed E-state index contributed by atoms with van der Waals surface area (Å²) in [5.41, 5.74) is 6.02. The number of hydrogen-bond donors (Lipinski definition) is 0. The highest BCUT2D eigenvalue weighted by molar-refractivity contribution is 5.30. The van der Waals surface area contributed by atoms with Crippen molar-refractivity contribution < 1.29 is 0 Å². The van der Waals surface area contributed by atoms with Crippen molar-refractivity contribution in [3.8, 4) is 0 Å². The fourth-order valence-electron chi connectivity index (χ4n) is 5.58. The molecule has 0 aliphatic rings. The maximum absolute atomic E-state index is 2.45. The Morgan fingerprint density at radius 2 is 0.788 bits per heavy atom. The van der Waals surface area contributed by atoms with Gasteiger partial charge in [0.15, 0.2) is 0 Å². The van der Waals surface area contributed by atoms with Crippen LogP contribution in [0.2, 0.25) is 0 Å². The third-order valence-corrected chi connectivity index (χ3v) is 7.67. The van der Waals surface area contributed by atoms with Crippen LogP contribution in [-0.4, -0.2) is 0 Å². The molecule has 0 heteroatoms. The molecule has 0 spiro atoms. The highest BCUT2D eigenvalue weighted by atomic mass is 14.3. The third kappa shape index (κ3) is 7.07. The average Bonchev–Trinajstić information content (AvgIpc) is 2.89. The average molecular weight is 441 g/mol. The van der Waals surface area contributed by atoms with Crippen LogP contribution in [0.3, 0.4) is 0 Å². The standard InChI is InChI=1S/C33H44/c1-5-15-26(6-2)31-20-22-32(23-21-31)33(24-27(7-3)29-16-11-9-12-17-29)25-28(8-4)30-18-13-10-14-19-30/h9-14,16-23,26-28,33H,5-8,15,24-25H2,1-4H3. The fraction of sp³-hybridized carbons (Fsp3) is 0.455. The lowest BCUT2D eigenvalue weighted by Crippen LogP contribution is -2.11. The van der Waals surface area contributed by atoms with Crippen LogP contribution in [0.1, 0.15) is 119 Å². The van der Waals surface area contributed by atoms with Crippen LogP contribution < -0.4 is 0 Å². The van der Waals surface area contributed by atoms with Crippen LogP contribution in [0.15, 0.2) is 84.9 Å². The summed E-state index contributed by atoms with van der Waals surface area (Å²) in [6.07, 6.45) is 8.59. The predicted octanol–water partition coefficient (Wildman–Crippen LogP) is 10.2. The summed E-state index contributed by atoms with van der Waals surface area (Å²) in [5.74, 6) is 2.48. The zero-order valence-corrected chi connectivity index (χ0v) is 21.3. The quantitative estimate of drug-likeness (QED) is 0.248. The smallest absolute Gasteiger partial charge is 0.0150 e. The first-order chi connectivity index (χ1) is 16.2. The van der Waals surface area contributed by atoms with E-state index in [9.17, 15) is 0 Å². The van der Waals surface area contributed by atoms with Crippen LogP contribution in [0.25, 0.3) is 0 Å². The molecular formula is C33H44. The van der Waals surface area contributed by atoms with Crippen molar-refractivity contribution in [2.24, 2.45) is 0 Å². The maximum atomic E-state index is 2.45. The lowest BCUT2D eigenvalue weighted by molar-refractivity contribution is 0.450. The van der Waals surface area contributed by atoms with Gasteiger partial charge in [0.25, 0.3) is 0 Å². The normalized spacial score (nSPS) is 15.0. The number of rotatable bonds is 13. The van der Waals surface area contributed by atoms with E-state index in [-0.39, 0.29) is 0 Å². The molecule has 3 aromatic carbocycles. The number of benzene rings is 3. The summed E-state index contributed by atoms with van der Waals surface area (Å²) in [7, 11) is 0. The van der Waals surface area contributed by atoms with Crippen molar-refractivity contribution in [3.05, 3.63) is 107 Å². The lowest BCUT2D eigenvalue weighted by Gasteiger charge is -2.28. The molecule has 0 nitrogen and oxygen atoms in total. The van der Waals surface area contributed by atoms with Crippen molar-refractivity contribution in [1.29, 1.82) is 0 Å². The summed E-state index contributed by atoms with van der Waals surface area (Å²) in [5, 5.41) is 0. The number of hydrogen-bond acceptors (Lipinski definition) is 0. The molecule has 0 bridgehead atoms. The van der Waals surface area contributed by atoms with Crippen LogP contribution >= 0.6 is 0 Å². The fourth-order valence-corrected chi connectivity index (χ4v) is 5.58. The molecule has 3 unspecified atom stereocenters. The Bertz CT molecular complexity index is 844. The molecule has 176 valence electrons. The van der Waals surface area contributed by atoms with E-state index in [1.807, 2.05) is 0 Å². The Morgan fingerprint density at radius 3 is 1.15 bits per heavy atom. The molecule has 0 N–H and O–H groups in total. The Hall–Kier alpha value is -2.34. The predicted molar refractivity (Wildman–Crippen MR) is 145 cm³/mol. The topological polar surface area (TPSA) is 0 Å². The van der Waals surface area contributed by atoms with E-state index in [2.05, 4.69) is 113 Å². The van der Waals surface area contributed by atoms with Gasteiger partial charge in [-0.25, -0.2) is 0 Å². The Balaban J connectivity index is 1.89. The molecule has 0 aliphatic heterocycles. The van der Waals surface area contributed by atoms with Gasteiger partial charge in [0.1, 0.15) is 0 Å². The van der Waals surface area contributed by atoms with Crippen molar-refractivity contribution in [3.63, 3.8) is 0 Å². The Labute approximate surface area is 203 Å². The molecule has 0 aliphatic carbocycles. The monoisotopic (exact) mass is 440 g/mol. The van der Waals surface area contributed by atoms with E-state index in [4.69, 9.17) is 0 Å². The SMILES string of the molecule is CCCC(CC)c1ccc(C(CC(CC)c2ccccc2)CC(CC)c2ccccc2)cc1. The van der Waals surface area contributed by atoms with Gasteiger partial charge >= 0.3 is 0 Å². The van der Waals surface area contributed by atoms with Crippen molar-refractivity contribution >= 4 is 0 Å². The zero-order chi connectivity index (χ0) is 23.5. The van der Waals surface area contributed by atoms with Gasteiger partial charge in [0.05, 0.1) is 0 Å². The Morgan fingerprint density at radius 1 is 0.424 bits per heavy atom. The first-order valence-corrected chi connectivity index (χ1v) is 13.4. The second-order valence-corrected chi connectivity index (χ2v) is 9.76. The zero-order valence-electron chi connectivity index (χ0n) is 21.3. The lowest BCUT2D eigenvalue weighted by atomic mass is 9.77. The van der Waals surface area contributed by atoms with E-state index in [1.54, 1.807) is 0 Å². The summed E-state index contributed by atoms with van der Waals surface area (Å²) in [6, 6.07) is 32.1. The molecule has 3 rings (SSSR count). The van der Waals surface area contributed by atoms with Gasteiger partial charge in [0, 0.05) is 0 Å². The first kappa shape index (κ1) is 25.3. The maximum Gasteiger partial charge on any atom is -0.0150 e. The summed E-state index contributed by atoms with van der Waals surface area (Å²) in [6.45, 7) is 9.33. The van der Waals surface area contributed by atoms with Gasteiger partial charge in [-0.15, -0.1) is 0 Å². The molecule has 33 heavy (non-hydrogen) atoms. The third-order valence-electron chi connectivity index (χ3n) is 7.67. The second kappa shape index (κ2) is 13.4. The summed E-state index contributed by atoms with van der Waals surface area (Å²) < 4.78 is 0. The minimum Gasteiger partial charge on any atom is -0.0654 e. The molecule has 3 aromatic rings. The minimum atomic E-state index is 0.570. The van der Waals surface area contributed by atoms with Crippen molar-refractivity contribution in [2.45, 2.75) is 96.3 Å². The van der Waals surface area contributed by atoms with E-state index in [1.165, 1.54) is 67.2 Å². The van der Waals surface area contributed by atoms with Gasteiger partial charge in [-0.05, 0) is 84.5 Å². The van der Waals surface area contributed by atoms with Gasteiger partial charge in [-0.2, -0.15) is 0 Å². The molecule has 0 radical (unpaired) electrons. The van der Waals surface area contributed by atoms with Gasteiger partial charge in [-0.1, -0.05) is 119 Å². The van der Waals surface area contributed by atoms with E-state index in [0.29, 0.717) is 23.7 Å². The summed E-state index contributed by atoms with van der Waals surface area (Å²) >= 11 is 0. The molecule has 0 amide bonds.